The third kappa shape index (κ3) is 4.09. The van der Waals surface area contributed by atoms with Crippen LogP contribution < -0.4 is 0 Å². The number of piperidine rings is 2. The second kappa shape index (κ2) is 8.83. The van der Waals surface area contributed by atoms with Gasteiger partial charge in [0.25, 0.3) is 5.91 Å². The maximum absolute atomic E-state index is 13.3. The summed E-state index contributed by atoms with van der Waals surface area (Å²) in [4.78, 5) is 23.9. The molecule has 5 rings (SSSR count). The minimum absolute atomic E-state index is 0.293. The van der Waals surface area contributed by atoms with Crippen molar-refractivity contribution in [3.63, 3.8) is 0 Å². The van der Waals surface area contributed by atoms with Gasteiger partial charge in [0.15, 0.2) is 0 Å². The van der Waals surface area contributed by atoms with E-state index >= 15 is 0 Å². The molecule has 2 aromatic heterocycles. The average molecular weight is 427 g/mol. The van der Waals surface area contributed by atoms with Crippen LogP contribution in [0.15, 0.2) is 23.8 Å². The summed E-state index contributed by atoms with van der Waals surface area (Å²) in [6.07, 6.45) is 13.9. The number of imidazole rings is 1. The number of fused-ring (bicyclic) bond motifs is 1. The Hall–Kier alpha value is -1.66. The summed E-state index contributed by atoms with van der Waals surface area (Å²) >= 11 is 1.80. The van der Waals surface area contributed by atoms with Crippen molar-refractivity contribution < 1.29 is 4.79 Å². The minimum atomic E-state index is 0.293. The summed E-state index contributed by atoms with van der Waals surface area (Å²) in [5, 5.41) is 2.13. The lowest BCUT2D eigenvalue weighted by Crippen LogP contribution is -2.49. The first-order valence-electron chi connectivity index (χ1n) is 11.8. The Kier molecular flexibility index (Phi) is 5.96. The Morgan fingerprint density at radius 3 is 2.70 bits per heavy atom. The molecule has 2 aromatic rings. The van der Waals surface area contributed by atoms with Crippen molar-refractivity contribution in [2.75, 3.05) is 19.6 Å². The number of hydrogen-bond donors (Lipinski definition) is 0. The predicted molar refractivity (Wildman–Crippen MR) is 121 cm³/mol. The predicted octanol–water partition coefficient (Wildman–Crippen LogP) is 4.66. The molecule has 0 N–H and O–H groups in total. The molecule has 30 heavy (non-hydrogen) atoms. The summed E-state index contributed by atoms with van der Waals surface area (Å²) in [5.74, 6) is 2.77. The number of carbonyl (C=O) groups excluding carboxylic acids is 1. The van der Waals surface area contributed by atoms with Crippen LogP contribution in [0.3, 0.4) is 0 Å². The third-order valence-electron chi connectivity index (χ3n) is 7.65. The maximum atomic E-state index is 13.3. The van der Waals surface area contributed by atoms with Crippen molar-refractivity contribution >= 4 is 17.2 Å². The van der Waals surface area contributed by atoms with Crippen LogP contribution in [0.25, 0.3) is 0 Å². The van der Waals surface area contributed by atoms with E-state index in [-0.39, 0.29) is 0 Å². The summed E-state index contributed by atoms with van der Waals surface area (Å²) in [6, 6.07) is 2.72. The number of hydrogen-bond acceptors (Lipinski definition) is 4. The molecular weight excluding hydrogens is 392 g/mol. The van der Waals surface area contributed by atoms with Gasteiger partial charge in [-0.05, 0) is 69.5 Å². The highest BCUT2D eigenvalue weighted by Crippen LogP contribution is 2.37. The standard InChI is InChI=1S/C24H34N4OS/c1-26-14-10-25-23(26)16-27-12-8-19(9-13-27)22-15-20(17-30-22)24(29)28-11-4-6-18-5-2-3-7-21(18)28/h10,14-15,17-19,21H,2-9,11-13,16H2,1H3. The molecule has 4 heterocycles. The highest BCUT2D eigenvalue weighted by Gasteiger charge is 2.36. The van der Waals surface area contributed by atoms with Gasteiger partial charge in [-0.15, -0.1) is 11.3 Å². The number of likely N-dealkylation sites (tertiary alicyclic amines) is 2. The van der Waals surface area contributed by atoms with Gasteiger partial charge in [0.2, 0.25) is 0 Å². The lowest BCUT2D eigenvalue weighted by Gasteiger charge is -2.44. The minimum Gasteiger partial charge on any atom is -0.337 e. The number of aromatic nitrogens is 2. The Morgan fingerprint density at radius 1 is 1.10 bits per heavy atom. The molecule has 3 aliphatic rings. The summed E-state index contributed by atoms with van der Waals surface area (Å²) < 4.78 is 2.11. The normalized spacial score (nSPS) is 26.0. The fourth-order valence-electron chi connectivity index (χ4n) is 5.85. The molecule has 2 saturated heterocycles. The second-order valence-corrected chi connectivity index (χ2v) is 10.4. The summed E-state index contributed by atoms with van der Waals surface area (Å²) in [5.41, 5.74) is 0.941. The Labute approximate surface area is 184 Å². The highest BCUT2D eigenvalue weighted by atomic mass is 32.1. The van der Waals surface area contributed by atoms with Gasteiger partial charge in [0, 0.05) is 42.3 Å². The third-order valence-corrected chi connectivity index (χ3v) is 8.74. The van der Waals surface area contributed by atoms with Crippen molar-refractivity contribution in [3.05, 3.63) is 40.1 Å². The molecule has 0 aromatic carbocycles. The highest BCUT2D eigenvalue weighted by molar-refractivity contribution is 7.10. The van der Waals surface area contributed by atoms with Crippen molar-refractivity contribution in [1.29, 1.82) is 0 Å². The first kappa shape index (κ1) is 20.3. The Bertz CT molecular complexity index is 864. The van der Waals surface area contributed by atoms with E-state index in [0.29, 0.717) is 17.9 Å². The van der Waals surface area contributed by atoms with Crippen molar-refractivity contribution in [1.82, 2.24) is 19.4 Å². The maximum Gasteiger partial charge on any atom is 0.254 e. The molecule has 1 saturated carbocycles. The fourth-order valence-corrected chi connectivity index (χ4v) is 6.90. The largest absolute Gasteiger partial charge is 0.337 e. The van der Waals surface area contributed by atoms with Crippen LogP contribution in [-0.2, 0) is 13.6 Å². The van der Waals surface area contributed by atoms with Gasteiger partial charge in [-0.25, -0.2) is 4.98 Å². The molecule has 0 bridgehead atoms. The van der Waals surface area contributed by atoms with Crippen molar-refractivity contribution in [3.8, 4) is 0 Å². The lowest BCUT2D eigenvalue weighted by molar-refractivity contribution is 0.0391. The SMILES string of the molecule is Cn1ccnc1CN1CCC(c2cc(C(=O)N3CCCC4CCCCC43)cs2)CC1. The average Bonchev–Trinajstić information content (AvgIpc) is 3.43. The van der Waals surface area contributed by atoms with E-state index in [1.807, 2.05) is 12.4 Å². The van der Waals surface area contributed by atoms with Crippen LogP contribution in [0.5, 0.6) is 0 Å². The first-order valence-corrected chi connectivity index (χ1v) is 12.6. The van der Waals surface area contributed by atoms with Crippen molar-refractivity contribution in [2.24, 2.45) is 13.0 Å². The van der Waals surface area contributed by atoms with Crippen LogP contribution in [-0.4, -0.2) is 50.9 Å². The van der Waals surface area contributed by atoms with E-state index in [9.17, 15) is 4.79 Å². The van der Waals surface area contributed by atoms with E-state index in [2.05, 4.69) is 37.8 Å². The molecule has 6 heteroatoms. The zero-order valence-corrected chi connectivity index (χ0v) is 18.9. The molecule has 1 aliphatic carbocycles. The zero-order chi connectivity index (χ0) is 20.5. The number of rotatable bonds is 4. The quantitative estimate of drug-likeness (QED) is 0.714. The van der Waals surface area contributed by atoms with Gasteiger partial charge in [-0.2, -0.15) is 0 Å². The smallest absolute Gasteiger partial charge is 0.254 e. The van der Waals surface area contributed by atoms with Gasteiger partial charge in [0.1, 0.15) is 5.82 Å². The van der Waals surface area contributed by atoms with Gasteiger partial charge < -0.3 is 9.47 Å². The van der Waals surface area contributed by atoms with Crippen LogP contribution in [0, 0.1) is 5.92 Å². The van der Waals surface area contributed by atoms with Crippen LogP contribution in [0.4, 0.5) is 0 Å². The first-order chi connectivity index (χ1) is 14.7. The molecule has 2 unspecified atom stereocenters. The number of amides is 1. The van der Waals surface area contributed by atoms with Crippen LogP contribution >= 0.6 is 11.3 Å². The molecule has 2 atom stereocenters. The Morgan fingerprint density at radius 2 is 1.90 bits per heavy atom. The van der Waals surface area contributed by atoms with Gasteiger partial charge in [-0.3, -0.25) is 9.69 Å². The second-order valence-electron chi connectivity index (χ2n) is 9.50. The van der Waals surface area contributed by atoms with E-state index in [0.717, 1.165) is 43.5 Å². The van der Waals surface area contributed by atoms with E-state index in [1.54, 1.807) is 11.3 Å². The molecule has 2 aliphatic heterocycles. The van der Waals surface area contributed by atoms with Gasteiger partial charge in [0.05, 0.1) is 12.1 Å². The van der Waals surface area contributed by atoms with E-state index in [1.165, 1.54) is 56.2 Å². The van der Waals surface area contributed by atoms with Crippen LogP contribution in [0.1, 0.15) is 78.3 Å². The molecule has 0 spiro atoms. The molecule has 1 amide bonds. The molecule has 3 fully saturated rings. The zero-order valence-electron chi connectivity index (χ0n) is 18.1. The summed E-state index contributed by atoms with van der Waals surface area (Å²) in [6.45, 7) is 4.10. The number of thiophene rings is 1. The summed E-state index contributed by atoms with van der Waals surface area (Å²) in [7, 11) is 2.07. The van der Waals surface area contributed by atoms with Crippen LogP contribution in [0.2, 0.25) is 0 Å². The Balaban J connectivity index is 1.19. The van der Waals surface area contributed by atoms with E-state index < -0.39 is 0 Å². The number of nitrogens with zero attached hydrogens (tertiary/aromatic N) is 4. The molecule has 0 radical (unpaired) electrons. The van der Waals surface area contributed by atoms with Gasteiger partial charge in [-0.1, -0.05) is 12.8 Å². The number of aryl methyl sites for hydroxylation is 1. The number of carbonyl (C=O) groups is 1. The van der Waals surface area contributed by atoms with Crippen molar-refractivity contribution in [2.45, 2.75) is 69.9 Å². The van der Waals surface area contributed by atoms with Gasteiger partial charge >= 0.3 is 0 Å². The molecule has 162 valence electrons. The topological polar surface area (TPSA) is 41.4 Å². The van der Waals surface area contributed by atoms with E-state index in [4.69, 9.17) is 0 Å². The lowest BCUT2D eigenvalue weighted by atomic mass is 9.78. The molecule has 5 nitrogen and oxygen atoms in total. The fraction of sp³-hybridized carbons (Fsp3) is 0.667. The molecular formula is C24H34N4OS. The monoisotopic (exact) mass is 426 g/mol.